The average Bonchev–Trinajstić information content (AvgIpc) is 3.09. The van der Waals surface area contributed by atoms with Crippen molar-refractivity contribution in [3.63, 3.8) is 0 Å². The number of aromatic nitrogens is 2. The van der Waals surface area contributed by atoms with E-state index in [1.54, 1.807) is 0 Å². The molecule has 0 radical (unpaired) electrons. The quantitative estimate of drug-likeness (QED) is 0.317. The minimum atomic E-state index is -0.621. The summed E-state index contributed by atoms with van der Waals surface area (Å²) in [5.74, 6) is 0.619. The number of carbonyl (C=O) groups excluding carboxylic acids is 1. The maximum Gasteiger partial charge on any atom is 0.513 e. The molecule has 0 amide bonds. The summed E-state index contributed by atoms with van der Waals surface area (Å²) in [6, 6.07) is 0. The Balaban J connectivity index is 1.98. The van der Waals surface area contributed by atoms with Crippen LogP contribution in [0.5, 0.6) is 5.88 Å². The van der Waals surface area contributed by atoms with E-state index in [2.05, 4.69) is 28.8 Å². The van der Waals surface area contributed by atoms with Crippen LogP contribution in [0.1, 0.15) is 65.5 Å². The van der Waals surface area contributed by atoms with Crippen LogP contribution in [0, 0.1) is 0 Å². The van der Waals surface area contributed by atoms with Crippen molar-refractivity contribution >= 4 is 23.5 Å². The molecule has 0 fully saturated rings. The second-order valence-electron chi connectivity index (χ2n) is 7.84. The van der Waals surface area contributed by atoms with Crippen LogP contribution >= 0.6 is 11.7 Å². The summed E-state index contributed by atoms with van der Waals surface area (Å²) in [5.41, 5.74) is 1.92. The molecule has 2 atom stereocenters. The molecule has 0 bridgehead atoms. The Morgan fingerprint density at radius 1 is 1.21 bits per heavy atom. The van der Waals surface area contributed by atoms with Crippen LogP contribution in [0.3, 0.4) is 0 Å². The third kappa shape index (κ3) is 6.44. The molecule has 0 aliphatic carbocycles. The first-order valence-electron chi connectivity index (χ1n) is 10.2. The van der Waals surface area contributed by atoms with Crippen molar-refractivity contribution in [3.8, 4) is 5.88 Å². The maximum absolute atomic E-state index is 11.9. The number of nitrogens with zero attached hydrogens (tertiary/aromatic N) is 3. The number of hydrogen-bond acceptors (Lipinski definition) is 7. The van der Waals surface area contributed by atoms with Gasteiger partial charge in [0.15, 0.2) is 0 Å². The summed E-state index contributed by atoms with van der Waals surface area (Å²) in [6.07, 6.45) is 6.57. The minimum Gasteiger partial charge on any atom is -0.475 e. The van der Waals surface area contributed by atoms with E-state index >= 15 is 0 Å². The van der Waals surface area contributed by atoms with Gasteiger partial charge in [0.25, 0.3) is 5.88 Å². The Labute approximate surface area is 172 Å². The SMILES string of the molecule is CCCCCCOc1nsnc1C1=CCC[N+](C)([C@@H](C)OC(=O)OC(C)C)C1. The highest BCUT2D eigenvalue weighted by molar-refractivity contribution is 6.99. The Kier molecular flexibility index (Phi) is 8.69. The van der Waals surface area contributed by atoms with Gasteiger partial charge in [-0.05, 0) is 20.3 Å². The Hall–Kier alpha value is -1.67. The summed E-state index contributed by atoms with van der Waals surface area (Å²) >= 11 is 1.18. The molecule has 2 rings (SSSR count). The predicted molar refractivity (Wildman–Crippen MR) is 110 cm³/mol. The molecule has 1 aliphatic rings. The maximum atomic E-state index is 11.9. The van der Waals surface area contributed by atoms with Crippen molar-refractivity contribution < 1.29 is 23.5 Å². The van der Waals surface area contributed by atoms with E-state index < -0.39 is 6.16 Å². The van der Waals surface area contributed by atoms with Crippen LogP contribution in [0.4, 0.5) is 4.79 Å². The van der Waals surface area contributed by atoms with Gasteiger partial charge in [-0.15, -0.1) is 4.37 Å². The first-order chi connectivity index (χ1) is 13.4. The van der Waals surface area contributed by atoms with Gasteiger partial charge in [0.05, 0.1) is 38.0 Å². The zero-order chi connectivity index (χ0) is 20.6. The van der Waals surface area contributed by atoms with Crippen molar-refractivity contribution in [1.82, 2.24) is 8.75 Å². The van der Waals surface area contributed by atoms with Crippen molar-refractivity contribution in [1.29, 1.82) is 0 Å². The molecule has 0 saturated carbocycles. The van der Waals surface area contributed by atoms with E-state index in [1.807, 2.05) is 20.8 Å². The normalized spacial score (nSPS) is 20.6. The summed E-state index contributed by atoms with van der Waals surface area (Å²) in [6.45, 7) is 9.97. The van der Waals surface area contributed by atoms with Crippen LogP contribution in [-0.2, 0) is 9.47 Å². The lowest BCUT2D eigenvalue weighted by Gasteiger charge is -2.41. The lowest BCUT2D eigenvalue weighted by atomic mass is 10.0. The summed E-state index contributed by atoms with van der Waals surface area (Å²) < 4.78 is 25.9. The molecular formula is C20H34N3O4S+. The lowest BCUT2D eigenvalue weighted by molar-refractivity contribution is -0.944. The van der Waals surface area contributed by atoms with Crippen molar-refractivity contribution in [3.05, 3.63) is 11.8 Å². The Bertz CT molecular complexity index is 662. The molecule has 1 aliphatic heterocycles. The van der Waals surface area contributed by atoms with Crippen LogP contribution in [0.25, 0.3) is 5.57 Å². The second kappa shape index (κ2) is 10.8. The van der Waals surface area contributed by atoms with Gasteiger partial charge >= 0.3 is 6.16 Å². The Morgan fingerprint density at radius 3 is 2.71 bits per heavy atom. The molecule has 0 saturated heterocycles. The van der Waals surface area contributed by atoms with Crippen molar-refractivity contribution in [2.75, 3.05) is 26.7 Å². The summed E-state index contributed by atoms with van der Waals surface area (Å²) in [4.78, 5) is 11.9. The van der Waals surface area contributed by atoms with E-state index in [1.165, 1.54) is 31.0 Å². The zero-order valence-electron chi connectivity index (χ0n) is 17.8. The van der Waals surface area contributed by atoms with Crippen molar-refractivity contribution in [2.45, 2.75) is 72.1 Å². The minimum absolute atomic E-state index is 0.195. The molecule has 1 aromatic rings. The zero-order valence-corrected chi connectivity index (χ0v) is 18.6. The van der Waals surface area contributed by atoms with E-state index in [9.17, 15) is 4.79 Å². The number of unbranched alkanes of at least 4 members (excludes halogenated alkanes) is 3. The number of carbonyl (C=O) groups is 1. The first-order valence-corrected chi connectivity index (χ1v) is 10.9. The molecule has 8 heteroatoms. The molecule has 0 N–H and O–H groups in total. The molecule has 7 nitrogen and oxygen atoms in total. The number of likely N-dealkylation sites (N-methyl/N-ethyl adjacent to an activating group) is 1. The second-order valence-corrected chi connectivity index (χ2v) is 8.37. The molecular weight excluding hydrogens is 378 g/mol. The standard InChI is InChI=1S/C20H34N3O4S/c1-6-7-8-9-13-25-19-18(21-28-22-19)17-11-10-12-23(5,14-17)16(4)27-20(24)26-15(2)3/h11,15-16H,6-10,12-14H2,1-5H3/q+1/t16-,23?/m1/s1. The lowest BCUT2D eigenvalue weighted by Crippen LogP contribution is -2.55. The van der Waals surface area contributed by atoms with Gasteiger partial charge in [0.1, 0.15) is 12.2 Å². The molecule has 1 aromatic heterocycles. The van der Waals surface area contributed by atoms with Gasteiger partial charge in [-0.1, -0.05) is 32.3 Å². The molecule has 0 aromatic carbocycles. The summed E-state index contributed by atoms with van der Waals surface area (Å²) in [5, 5.41) is 0. The highest BCUT2D eigenvalue weighted by atomic mass is 32.1. The number of hydrogen-bond donors (Lipinski definition) is 0. The highest BCUT2D eigenvalue weighted by Crippen LogP contribution is 2.31. The number of quaternary nitrogens is 1. The third-order valence-electron chi connectivity index (χ3n) is 5.04. The largest absolute Gasteiger partial charge is 0.513 e. The fraction of sp³-hybridized carbons (Fsp3) is 0.750. The van der Waals surface area contributed by atoms with E-state index in [0.717, 1.165) is 30.7 Å². The predicted octanol–water partition coefficient (Wildman–Crippen LogP) is 4.64. The van der Waals surface area contributed by atoms with Gasteiger partial charge in [0, 0.05) is 18.9 Å². The van der Waals surface area contributed by atoms with E-state index in [0.29, 0.717) is 23.5 Å². The monoisotopic (exact) mass is 412 g/mol. The third-order valence-corrected chi connectivity index (χ3v) is 5.55. The fourth-order valence-electron chi connectivity index (χ4n) is 3.20. The molecule has 158 valence electrons. The average molecular weight is 413 g/mol. The highest BCUT2D eigenvalue weighted by Gasteiger charge is 2.37. The van der Waals surface area contributed by atoms with Gasteiger partial charge in [-0.25, -0.2) is 4.79 Å². The molecule has 28 heavy (non-hydrogen) atoms. The van der Waals surface area contributed by atoms with Gasteiger partial charge < -0.3 is 14.2 Å². The molecule has 0 spiro atoms. The number of rotatable bonds is 10. The number of ether oxygens (including phenoxy) is 3. The van der Waals surface area contributed by atoms with Crippen LogP contribution in [0.2, 0.25) is 0 Å². The van der Waals surface area contributed by atoms with E-state index in [-0.39, 0.29) is 12.3 Å². The van der Waals surface area contributed by atoms with Gasteiger partial charge in [0.2, 0.25) is 6.23 Å². The fourth-order valence-corrected chi connectivity index (χ4v) is 3.74. The molecule has 1 unspecified atom stereocenters. The van der Waals surface area contributed by atoms with Gasteiger partial charge in [-0.2, -0.15) is 4.37 Å². The van der Waals surface area contributed by atoms with E-state index in [4.69, 9.17) is 14.2 Å². The van der Waals surface area contributed by atoms with Crippen molar-refractivity contribution in [2.24, 2.45) is 0 Å². The topological polar surface area (TPSA) is 70.5 Å². The first kappa shape index (κ1) is 22.6. The summed E-state index contributed by atoms with van der Waals surface area (Å²) in [7, 11) is 2.09. The molecule has 2 heterocycles. The van der Waals surface area contributed by atoms with Crippen LogP contribution in [0.15, 0.2) is 6.08 Å². The smallest absolute Gasteiger partial charge is 0.475 e. The van der Waals surface area contributed by atoms with Crippen LogP contribution in [-0.4, -0.2) is 58.5 Å². The van der Waals surface area contributed by atoms with Crippen LogP contribution < -0.4 is 4.74 Å². The van der Waals surface area contributed by atoms with Gasteiger partial charge in [-0.3, -0.25) is 4.48 Å². The Morgan fingerprint density at radius 2 is 2.00 bits per heavy atom.